The molecule has 1 aliphatic rings. The molecule has 1 heterocycles. The fraction of sp³-hybridized carbons (Fsp3) is 0.381. The van der Waals surface area contributed by atoms with Crippen molar-refractivity contribution in [3.8, 4) is 0 Å². The van der Waals surface area contributed by atoms with Gasteiger partial charge in [0.1, 0.15) is 0 Å². The Balaban J connectivity index is 1.72. The molecule has 0 aromatic heterocycles. The summed E-state index contributed by atoms with van der Waals surface area (Å²) in [5.41, 5.74) is 1.60. The van der Waals surface area contributed by atoms with Gasteiger partial charge in [0.15, 0.2) is 0 Å². The van der Waals surface area contributed by atoms with Crippen LogP contribution in [-0.2, 0) is 14.8 Å². The lowest BCUT2D eigenvalue weighted by atomic mass is 9.93. The monoisotopic (exact) mass is 386 g/mol. The number of sulfonamides is 1. The summed E-state index contributed by atoms with van der Waals surface area (Å²) in [4.78, 5) is 13.0. The van der Waals surface area contributed by atoms with Crippen molar-refractivity contribution in [2.75, 3.05) is 18.4 Å². The van der Waals surface area contributed by atoms with Gasteiger partial charge in [0.05, 0.1) is 10.8 Å². The van der Waals surface area contributed by atoms with E-state index in [1.165, 1.54) is 4.31 Å². The average Bonchev–Trinajstić information content (AvgIpc) is 3.23. The molecule has 2 aromatic rings. The fourth-order valence-electron chi connectivity index (χ4n) is 3.44. The maximum atomic E-state index is 12.8. The van der Waals surface area contributed by atoms with Crippen LogP contribution in [0, 0.1) is 0 Å². The van der Waals surface area contributed by atoms with Gasteiger partial charge in [0, 0.05) is 18.8 Å². The molecule has 1 N–H and O–H groups in total. The van der Waals surface area contributed by atoms with E-state index in [1.54, 1.807) is 24.3 Å². The van der Waals surface area contributed by atoms with E-state index in [9.17, 15) is 13.2 Å². The zero-order valence-corrected chi connectivity index (χ0v) is 16.4. The van der Waals surface area contributed by atoms with Crippen LogP contribution in [0.3, 0.4) is 0 Å². The molecule has 0 bridgehead atoms. The summed E-state index contributed by atoms with van der Waals surface area (Å²) in [6.45, 7) is 3.22. The molecule has 1 atom stereocenters. The molecule has 2 aromatic carbocycles. The van der Waals surface area contributed by atoms with Crippen LogP contribution in [0.4, 0.5) is 5.69 Å². The van der Waals surface area contributed by atoms with Gasteiger partial charge < -0.3 is 5.32 Å². The minimum atomic E-state index is -3.43. The van der Waals surface area contributed by atoms with E-state index < -0.39 is 10.0 Å². The maximum absolute atomic E-state index is 12.8. The number of nitrogens with one attached hydrogen (secondary N) is 1. The number of rotatable bonds is 7. The van der Waals surface area contributed by atoms with E-state index in [-0.39, 0.29) is 16.7 Å². The number of anilines is 1. The van der Waals surface area contributed by atoms with Crippen LogP contribution in [-0.4, -0.2) is 31.7 Å². The summed E-state index contributed by atoms with van der Waals surface area (Å²) < 4.78 is 26.7. The number of carbonyl (C=O) groups excluding carboxylic acids is 1. The van der Waals surface area contributed by atoms with E-state index in [0.717, 1.165) is 31.2 Å². The highest BCUT2D eigenvalue weighted by Crippen LogP contribution is 2.25. The van der Waals surface area contributed by atoms with Crippen molar-refractivity contribution in [3.63, 3.8) is 0 Å². The van der Waals surface area contributed by atoms with Gasteiger partial charge in [0.25, 0.3) is 0 Å². The van der Waals surface area contributed by atoms with E-state index in [2.05, 4.69) is 12.2 Å². The molecule has 0 spiro atoms. The van der Waals surface area contributed by atoms with Crippen molar-refractivity contribution < 1.29 is 13.2 Å². The van der Waals surface area contributed by atoms with Crippen molar-refractivity contribution in [2.24, 2.45) is 0 Å². The first-order valence-corrected chi connectivity index (χ1v) is 10.9. The number of nitrogens with zero attached hydrogens (tertiary/aromatic N) is 1. The Morgan fingerprint density at radius 1 is 1.04 bits per heavy atom. The quantitative estimate of drug-likeness (QED) is 0.782. The van der Waals surface area contributed by atoms with Crippen LogP contribution >= 0.6 is 0 Å². The number of carbonyl (C=O) groups is 1. The zero-order valence-electron chi connectivity index (χ0n) is 15.6. The summed E-state index contributed by atoms with van der Waals surface area (Å²) in [6, 6.07) is 16.2. The first kappa shape index (κ1) is 19.6. The predicted molar refractivity (Wildman–Crippen MR) is 107 cm³/mol. The molecule has 1 fully saturated rings. The molecular weight excluding hydrogens is 360 g/mol. The van der Waals surface area contributed by atoms with Gasteiger partial charge in [-0.05, 0) is 49.1 Å². The summed E-state index contributed by atoms with van der Waals surface area (Å²) in [5, 5.41) is 2.93. The topological polar surface area (TPSA) is 66.5 Å². The number of benzene rings is 2. The highest BCUT2D eigenvalue weighted by atomic mass is 32.2. The number of hydrogen-bond acceptors (Lipinski definition) is 3. The van der Waals surface area contributed by atoms with E-state index >= 15 is 0 Å². The highest BCUT2D eigenvalue weighted by Gasteiger charge is 2.27. The lowest BCUT2D eigenvalue weighted by Crippen LogP contribution is -2.27. The Bertz CT molecular complexity index is 858. The molecule has 144 valence electrons. The Morgan fingerprint density at radius 3 is 2.26 bits per heavy atom. The van der Waals surface area contributed by atoms with Crippen LogP contribution in [0.2, 0.25) is 0 Å². The molecule has 0 aliphatic carbocycles. The van der Waals surface area contributed by atoms with Crippen LogP contribution in [0.1, 0.15) is 44.1 Å². The first-order chi connectivity index (χ1) is 13.0. The van der Waals surface area contributed by atoms with Gasteiger partial charge in [0.2, 0.25) is 15.9 Å². The smallest absolute Gasteiger partial charge is 0.243 e. The Labute approximate surface area is 161 Å². The van der Waals surface area contributed by atoms with Gasteiger partial charge in [-0.1, -0.05) is 43.7 Å². The molecule has 0 saturated carbocycles. The van der Waals surface area contributed by atoms with Crippen molar-refractivity contribution in [2.45, 2.75) is 43.4 Å². The van der Waals surface area contributed by atoms with Gasteiger partial charge in [-0.25, -0.2) is 8.42 Å². The van der Waals surface area contributed by atoms with E-state index in [1.807, 2.05) is 30.3 Å². The third-order valence-electron chi connectivity index (χ3n) is 4.92. The highest BCUT2D eigenvalue weighted by molar-refractivity contribution is 7.89. The van der Waals surface area contributed by atoms with Crippen molar-refractivity contribution >= 4 is 21.6 Å². The minimum Gasteiger partial charge on any atom is -0.326 e. The minimum absolute atomic E-state index is 0.0711. The molecule has 0 unspecified atom stereocenters. The molecular formula is C21H26N2O3S. The van der Waals surface area contributed by atoms with Crippen LogP contribution in [0.5, 0.6) is 0 Å². The third-order valence-corrected chi connectivity index (χ3v) is 6.83. The largest absolute Gasteiger partial charge is 0.326 e. The lowest BCUT2D eigenvalue weighted by Gasteiger charge is -2.18. The Hall–Kier alpha value is -2.18. The summed E-state index contributed by atoms with van der Waals surface area (Å²) in [7, 11) is -3.43. The summed E-state index contributed by atoms with van der Waals surface area (Å²) in [5.74, 6) is -0.289. The van der Waals surface area contributed by atoms with E-state index in [4.69, 9.17) is 0 Å². The Kier molecular flexibility index (Phi) is 6.29. The summed E-state index contributed by atoms with van der Waals surface area (Å²) in [6.07, 6.45) is 3.48. The molecule has 1 amide bonds. The molecule has 6 heteroatoms. The predicted octanol–water partition coefficient (Wildman–Crippen LogP) is 3.99. The molecule has 3 rings (SSSR count). The summed E-state index contributed by atoms with van der Waals surface area (Å²) >= 11 is 0. The maximum Gasteiger partial charge on any atom is 0.243 e. The second-order valence-electron chi connectivity index (χ2n) is 6.88. The molecule has 1 saturated heterocycles. The van der Waals surface area contributed by atoms with Crippen LogP contribution in [0.25, 0.3) is 0 Å². The van der Waals surface area contributed by atoms with Crippen LogP contribution in [0.15, 0.2) is 59.5 Å². The Morgan fingerprint density at radius 2 is 1.67 bits per heavy atom. The van der Waals surface area contributed by atoms with Crippen molar-refractivity contribution in [1.29, 1.82) is 0 Å². The number of hydrogen-bond donors (Lipinski definition) is 1. The third kappa shape index (κ3) is 4.57. The average molecular weight is 387 g/mol. The van der Waals surface area contributed by atoms with Gasteiger partial charge >= 0.3 is 0 Å². The lowest BCUT2D eigenvalue weighted by molar-refractivity contribution is -0.117. The second-order valence-corrected chi connectivity index (χ2v) is 8.81. The standard InChI is InChI=1S/C21H26N2O3S/c1-2-8-20(17-9-4-3-5-10-17)21(24)22-18-11-13-19(14-12-18)27(25,26)23-15-6-7-16-23/h3-5,9-14,20H,2,6-8,15-16H2,1H3,(H,22,24)/t20-/m0/s1. The van der Waals surface area contributed by atoms with Gasteiger partial charge in [-0.3, -0.25) is 4.79 Å². The zero-order chi connectivity index (χ0) is 19.3. The van der Waals surface area contributed by atoms with Gasteiger partial charge in [-0.2, -0.15) is 4.31 Å². The van der Waals surface area contributed by atoms with Crippen molar-refractivity contribution in [3.05, 3.63) is 60.2 Å². The normalized spacial score (nSPS) is 16.2. The van der Waals surface area contributed by atoms with E-state index in [0.29, 0.717) is 18.8 Å². The SMILES string of the molecule is CCC[C@H](C(=O)Nc1ccc(S(=O)(=O)N2CCCC2)cc1)c1ccccc1. The second kappa shape index (κ2) is 8.67. The molecule has 0 radical (unpaired) electrons. The van der Waals surface area contributed by atoms with Crippen molar-refractivity contribution in [1.82, 2.24) is 4.31 Å². The fourth-order valence-corrected chi connectivity index (χ4v) is 4.96. The molecule has 1 aliphatic heterocycles. The first-order valence-electron chi connectivity index (χ1n) is 9.48. The van der Waals surface area contributed by atoms with Crippen LogP contribution < -0.4 is 5.32 Å². The molecule has 27 heavy (non-hydrogen) atoms. The number of amides is 1. The molecule has 5 nitrogen and oxygen atoms in total. The van der Waals surface area contributed by atoms with Gasteiger partial charge in [-0.15, -0.1) is 0 Å².